The van der Waals surface area contributed by atoms with E-state index in [9.17, 15) is 13.9 Å². The molecule has 0 aliphatic heterocycles. The van der Waals surface area contributed by atoms with Crippen LogP contribution < -0.4 is 0 Å². The molecule has 2 heterocycles. The fraction of sp³-hybridized carbons (Fsp3) is 0.176. The Labute approximate surface area is 142 Å². The van der Waals surface area contributed by atoms with Gasteiger partial charge in [0, 0.05) is 23.7 Å². The molecule has 0 bridgehead atoms. The van der Waals surface area contributed by atoms with Crippen LogP contribution in [0.2, 0.25) is 0 Å². The van der Waals surface area contributed by atoms with Crippen molar-refractivity contribution >= 4 is 11.8 Å². The molecule has 0 unspecified atom stereocenters. The molecule has 0 saturated heterocycles. The highest BCUT2D eigenvalue weighted by molar-refractivity contribution is 7.98. The Morgan fingerprint density at radius 1 is 1.12 bits per heavy atom. The highest BCUT2D eigenvalue weighted by atomic mass is 32.2. The summed E-state index contributed by atoms with van der Waals surface area (Å²) in [6.45, 7) is 0.374. The second-order valence-electron chi connectivity index (χ2n) is 5.13. The van der Waals surface area contributed by atoms with Gasteiger partial charge in [-0.3, -0.25) is 4.98 Å². The fourth-order valence-corrected chi connectivity index (χ4v) is 3.25. The molecule has 0 atom stereocenters. The van der Waals surface area contributed by atoms with Gasteiger partial charge in [-0.1, -0.05) is 23.9 Å². The predicted molar refractivity (Wildman–Crippen MR) is 87.4 cm³/mol. The summed E-state index contributed by atoms with van der Waals surface area (Å²) in [5, 5.41) is 10.1. The van der Waals surface area contributed by atoms with Crippen LogP contribution in [0.5, 0.6) is 0 Å². The van der Waals surface area contributed by atoms with Gasteiger partial charge >= 0.3 is 0 Å². The standard InChI is InChI=1S/C17H15F2N3OS/c18-15-3-1-2-13(16(15)19)11-24-17-21-8-14(10-23)22(17)9-12-4-6-20-7-5-12/h1-8,23H,9-11H2. The van der Waals surface area contributed by atoms with Gasteiger partial charge in [-0.2, -0.15) is 0 Å². The Morgan fingerprint density at radius 2 is 1.92 bits per heavy atom. The number of benzene rings is 1. The van der Waals surface area contributed by atoms with Gasteiger partial charge in [0.1, 0.15) is 0 Å². The van der Waals surface area contributed by atoms with Gasteiger partial charge in [-0.25, -0.2) is 13.8 Å². The van der Waals surface area contributed by atoms with E-state index in [2.05, 4.69) is 9.97 Å². The molecule has 0 radical (unpaired) electrons. The summed E-state index contributed by atoms with van der Waals surface area (Å²) in [4.78, 5) is 8.26. The van der Waals surface area contributed by atoms with E-state index in [1.54, 1.807) is 24.7 Å². The van der Waals surface area contributed by atoms with E-state index in [-0.39, 0.29) is 17.9 Å². The summed E-state index contributed by atoms with van der Waals surface area (Å²) in [5.41, 5.74) is 1.95. The Kier molecular flexibility index (Phi) is 5.22. The summed E-state index contributed by atoms with van der Waals surface area (Å²) < 4.78 is 28.9. The number of aliphatic hydroxyl groups excluding tert-OH is 1. The summed E-state index contributed by atoms with van der Waals surface area (Å²) in [7, 11) is 0. The Bertz CT molecular complexity index is 824. The van der Waals surface area contributed by atoms with E-state index in [0.717, 1.165) is 11.6 Å². The molecule has 0 aliphatic rings. The highest BCUT2D eigenvalue weighted by Gasteiger charge is 2.13. The minimum Gasteiger partial charge on any atom is -0.390 e. The van der Waals surface area contributed by atoms with Crippen molar-refractivity contribution < 1.29 is 13.9 Å². The van der Waals surface area contributed by atoms with E-state index < -0.39 is 11.6 Å². The van der Waals surface area contributed by atoms with E-state index in [1.165, 1.54) is 17.8 Å². The maximum Gasteiger partial charge on any atom is 0.168 e. The maximum atomic E-state index is 13.8. The number of thioether (sulfide) groups is 1. The molecule has 1 aromatic carbocycles. The van der Waals surface area contributed by atoms with Crippen LogP contribution in [-0.4, -0.2) is 19.6 Å². The number of aliphatic hydroxyl groups is 1. The third-order valence-electron chi connectivity index (χ3n) is 3.54. The van der Waals surface area contributed by atoms with E-state index in [4.69, 9.17) is 0 Å². The highest BCUT2D eigenvalue weighted by Crippen LogP contribution is 2.26. The molecule has 0 spiro atoms. The number of nitrogens with zero attached hydrogens (tertiary/aromatic N) is 3. The van der Waals surface area contributed by atoms with Crippen LogP contribution in [0.25, 0.3) is 0 Å². The number of rotatable bonds is 6. The van der Waals surface area contributed by atoms with Crippen molar-refractivity contribution in [2.45, 2.75) is 24.1 Å². The molecule has 0 saturated carbocycles. The van der Waals surface area contributed by atoms with Crippen LogP contribution in [0.15, 0.2) is 54.1 Å². The molecule has 2 aromatic heterocycles. The van der Waals surface area contributed by atoms with Gasteiger partial charge in [-0.05, 0) is 23.8 Å². The molecule has 7 heteroatoms. The number of pyridine rings is 1. The molecular formula is C17H15F2N3OS. The molecule has 4 nitrogen and oxygen atoms in total. The van der Waals surface area contributed by atoms with Crippen molar-refractivity contribution in [3.63, 3.8) is 0 Å². The van der Waals surface area contributed by atoms with Crippen LogP contribution in [0.1, 0.15) is 16.8 Å². The lowest BCUT2D eigenvalue weighted by atomic mass is 10.2. The molecule has 0 amide bonds. The average molecular weight is 347 g/mol. The summed E-state index contributed by atoms with van der Waals surface area (Å²) in [5.74, 6) is -1.44. The molecule has 24 heavy (non-hydrogen) atoms. The quantitative estimate of drug-likeness (QED) is 0.695. The molecule has 1 N–H and O–H groups in total. The van der Waals surface area contributed by atoms with Gasteiger partial charge in [-0.15, -0.1) is 0 Å². The third kappa shape index (κ3) is 3.63. The van der Waals surface area contributed by atoms with E-state index >= 15 is 0 Å². The number of halogens is 2. The van der Waals surface area contributed by atoms with Crippen molar-refractivity contribution in [3.05, 3.63) is 77.4 Å². The van der Waals surface area contributed by atoms with E-state index in [0.29, 0.717) is 17.4 Å². The van der Waals surface area contributed by atoms with Gasteiger partial charge < -0.3 is 9.67 Å². The van der Waals surface area contributed by atoms with Crippen LogP contribution in [0.3, 0.4) is 0 Å². The van der Waals surface area contributed by atoms with Gasteiger partial charge in [0.2, 0.25) is 0 Å². The third-order valence-corrected chi connectivity index (χ3v) is 4.58. The minimum absolute atomic E-state index is 0.146. The average Bonchev–Trinajstić information content (AvgIpc) is 2.99. The molecule has 3 aromatic rings. The fourth-order valence-electron chi connectivity index (χ4n) is 2.28. The lowest BCUT2D eigenvalue weighted by Gasteiger charge is -2.11. The summed E-state index contributed by atoms with van der Waals surface area (Å²) in [6.07, 6.45) is 4.98. The number of imidazole rings is 1. The minimum atomic E-state index is -0.857. The maximum absolute atomic E-state index is 13.8. The second kappa shape index (κ2) is 7.55. The number of hydrogen-bond donors (Lipinski definition) is 1. The monoisotopic (exact) mass is 347 g/mol. The largest absolute Gasteiger partial charge is 0.390 e. The zero-order valence-corrected chi connectivity index (χ0v) is 13.5. The number of aromatic nitrogens is 3. The Morgan fingerprint density at radius 3 is 2.67 bits per heavy atom. The Hall–Kier alpha value is -2.25. The first-order chi connectivity index (χ1) is 11.7. The topological polar surface area (TPSA) is 50.9 Å². The van der Waals surface area contributed by atoms with E-state index in [1.807, 2.05) is 16.7 Å². The molecule has 0 fully saturated rings. The zero-order chi connectivity index (χ0) is 16.9. The van der Waals surface area contributed by atoms with Crippen LogP contribution in [0, 0.1) is 11.6 Å². The smallest absolute Gasteiger partial charge is 0.168 e. The first-order valence-corrected chi connectivity index (χ1v) is 8.27. The SMILES string of the molecule is OCc1cnc(SCc2cccc(F)c2F)n1Cc1ccncc1. The Balaban J connectivity index is 1.81. The first-order valence-electron chi connectivity index (χ1n) is 7.29. The van der Waals surface area contributed by atoms with Crippen molar-refractivity contribution in [3.8, 4) is 0 Å². The van der Waals surface area contributed by atoms with Crippen molar-refractivity contribution in [2.24, 2.45) is 0 Å². The summed E-state index contributed by atoms with van der Waals surface area (Å²) >= 11 is 1.30. The molecular weight excluding hydrogens is 332 g/mol. The predicted octanol–water partition coefficient (Wildman–Crippen LogP) is 3.39. The lowest BCUT2D eigenvalue weighted by Crippen LogP contribution is -2.06. The van der Waals surface area contributed by atoms with Crippen LogP contribution in [0.4, 0.5) is 8.78 Å². The van der Waals surface area contributed by atoms with Crippen molar-refractivity contribution in [1.82, 2.24) is 14.5 Å². The number of hydrogen-bond acceptors (Lipinski definition) is 4. The van der Waals surface area contributed by atoms with Crippen LogP contribution >= 0.6 is 11.8 Å². The second-order valence-corrected chi connectivity index (χ2v) is 6.08. The van der Waals surface area contributed by atoms with Gasteiger partial charge in [0.15, 0.2) is 16.8 Å². The molecule has 0 aliphatic carbocycles. The van der Waals surface area contributed by atoms with Gasteiger partial charge in [0.25, 0.3) is 0 Å². The lowest BCUT2D eigenvalue weighted by molar-refractivity contribution is 0.270. The van der Waals surface area contributed by atoms with Gasteiger partial charge in [0.05, 0.1) is 25.0 Å². The summed E-state index contributed by atoms with van der Waals surface area (Å²) in [6, 6.07) is 7.88. The first kappa shape index (κ1) is 16.6. The normalized spacial score (nSPS) is 11.0. The molecule has 3 rings (SSSR count). The van der Waals surface area contributed by atoms with Crippen LogP contribution in [-0.2, 0) is 18.9 Å². The zero-order valence-electron chi connectivity index (χ0n) is 12.7. The van der Waals surface area contributed by atoms with Crippen molar-refractivity contribution in [2.75, 3.05) is 0 Å². The van der Waals surface area contributed by atoms with Crippen molar-refractivity contribution in [1.29, 1.82) is 0 Å². The molecule has 124 valence electrons.